The van der Waals surface area contributed by atoms with Crippen molar-refractivity contribution in [3.63, 3.8) is 0 Å². The standard InChI is InChI=1S/C12H14FNO2/c1-3-4-16-9-5-8-6-11(15)14(2)12(8)10(13)7-9/h5,7H,3-4,6H2,1-2H3. The molecule has 86 valence electrons. The van der Waals surface area contributed by atoms with Crippen LogP contribution in [0.2, 0.25) is 0 Å². The predicted molar refractivity (Wildman–Crippen MR) is 59.3 cm³/mol. The Bertz CT molecular complexity index is 431. The topological polar surface area (TPSA) is 29.5 Å². The van der Waals surface area contributed by atoms with Gasteiger partial charge in [0.15, 0.2) is 5.82 Å². The molecule has 0 radical (unpaired) electrons. The summed E-state index contributed by atoms with van der Waals surface area (Å²) >= 11 is 0. The van der Waals surface area contributed by atoms with Crippen LogP contribution >= 0.6 is 0 Å². The summed E-state index contributed by atoms with van der Waals surface area (Å²) in [6.07, 6.45) is 1.13. The van der Waals surface area contributed by atoms with Gasteiger partial charge in [-0.15, -0.1) is 0 Å². The highest BCUT2D eigenvalue weighted by atomic mass is 19.1. The van der Waals surface area contributed by atoms with Gasteiger partial charge < -0.3 is 9.64 Å². The van der Waals surface area contributed by atoms with Crippen LogP contribution in [0.3, 0.4) is 0 Å². The van der Waals surface area contributed by atoms with E-state index in [2.05, 4.69) is 0 Å². The Morgan fingerprint density at radius 3 is 2.94 bits per heavy atom. The zero-order valence-corrected chi connectivity index (χ0v) is 9.42. The number of rotatable bonds is 3. The first kappa shape index (κ1) is 10.9. The number of amides is 1. The molecule has 0 spiro atoms. The minimum absolute atomic E-state index is 0.0819. The van der Waals surface area contributed by atoms with E-state index in [9.17, 15) is 9.18 Å². The van der Waals surface area contributed by atoms with Gasteiger partial charge in [-0.1, -0.05) is 6.92 Å². The fraction of sp³-hybridized carbons (Fsp3) is 0.417. The number of likely N-dealkylation sites (N-methyl/N-ethyl adjacent to an activating group) is 1. The van der Waals surface area contributed by atoms with E-state index in [4.69, 9.17) is 4.74 Å². The molecule has 0 N–H and O–H groups in total. The maximum absolute atomic E-state index is 13.7. The maximum Gasteiger partial charge on any atom is 0.231 e. The molecule has 0 saturated carbocycles. The van der Waals surface area contributed by atoms with Gasteiger partial charge in [-0.25, -0.2) is 4.39 Å². The average Bonchev–Trinajstić information content (AvgIpc) is 2.52. The van der Waals surface area contributed by atoms with Gasteiger partial charge in [0, 0.05) is 13.1 Å². The molecule has 0 bridgehead atoms. The highest BCUT2D eigenvalue weighted by Crippen LogP contribution is 2.34. The molecule has 0 saturated heterocycles. The number of hydrogen-bond donors (Lipinski definition) is 0. The molecule has 1 aliphatic rings. The van der Waals surface area contributed by atoms with Crippen LogP contribution in [0.4, 0.5) is 10.1 Å². The molecule has 1 aromatic carbocycles. The quantitative estimate of drug-likeness (QED) is 0.785. The summed E-state index contributed by atoms with van der Waals surface area (Å²) in [7, 11) is 1.59. The van der Waals surface area contributed by atoms with Gasteiger partial charge in [0.1, 0.15) is 5.75 Å². The molecule has 16 heavy (non-hydrogen) atoms. The molecule has 0 aliphatic carbocycles. The Hall–Kier alpha value is -1.58. The van der Waals surface area contributed by atoms with E-state index in [0.717, 1.165) is 6.42 Å². The Kier molecular flexibility index (Phi) is 2.81. The monoisotopic (exact) mass is 223 g/mol. The Balaban J connectivity index is 2.34. The van der Waals surface area contributed by atoms with Crippen LogP contribution < -0.4 is 9.64 Å². The number of fused-ring (bicyclic) bond motifs is 1. The van der Waals surface area contributed by atoms with E-state index in [1.165, 1.54) is 11.0 Å². The predicted octanol–water partition coefficient (Wildman–Crippen LogP) is 2.13. The number of halogens is 1. The van der Waals surface area contributed by atoms with Crippen molar-refractivity contribution in [2.75, 3.05) is 18.6 Å². The Morgan fingerprint density at radius 1 is 1.50 bits per heavy atom. The van der Waals surface area contributed by atoms with Crippen molar-refractivity contribution in [2.24, 2.45) is 0 Å². The molecule has 4 heteroatoms. The van der Waals surface area contributed by atoms with Gasteiger partial charge in [0.25, 0.3) is 0 Å². The third-order valence-electron chi connectivity index (χ3n) is 2.64. The van der Waals surface area contributed by atoms with E-state index in [1.807, 2.05) is 6.92 Å². The van der Waals surface area contributed by atoms with E-state index in [0.29, 0.717) is 23.6 Å². The van der Waals surface area contributed by atoms with Gasteiger partial charge >= 0.3 is 0 Å². The van der Waals surface area contributed by atoms with Gasteiger partial charge in [-0.2, -0.15) is 0 Å². The molecule has 1 amide bonds. The van der Waals surface area contributed by atoms with Crippen molar-refractivity contribution in [3.05, 3.63) is 23.5 Å². The Morgan fingerprint density at radius 2 is 2.25 bits per heavy atom. The van der Waals surface area contributed by atoms with Crippen molar-refractivity contribution in [2.45, 2.75) is 19.8 Å². The molecule has 2 rings (SSSR count). The number of nitrogens with zero attached hydrogens (tertiary/aromatic N) is 1. The van der Waals surface area contributed by atoms with Crippen molar-refractivity contribution < 1.29 is 13.9 Å². The van der Waals surface area contributed by atoms with E-state index in [1.54, 1.807) is 13.1 Å². The minimum atomic E-state index is -0.392. The molecular formula is C12H14FNO2. The van der Waals surface area contributed by atoms with E-state index in [-0.39, 0.29) is 12.3 Å². The number of ether oxygens (including phenoxy) is 1. The van der Waals surface area contributed by atoms with E-state index < -0.39 is 5.82 Å². The first-order valence-corrected chi connectivity index (χ1v) is 5.35. The summed E-state index contributed by atoms with van der Waals surface area (Å²) < 4.78 is 19.1. The molecule has 3 nitrogen and oxygen atoms in total. The SMILES string of the molecule is CCCOc1cc(F)c2c(c1)CC(=O)N2C. The smallest absolute Gasteiger partial charge is 0.231 e. The molecule has 0 atom stereocenters. The highest BCUT2D eigenvalue weighted by molar-refractivity contribution is 6.01. The second-order valence-corrected chi connectivity index (χ2v) is 3.89. The van der Waals surface area contributed by atoms with Crippen LogP contribution in [-0.4, -0.2) is 19.6 Å². The molecule has 0 unspecified atom stereocenters. The zero-order valence-electron chi connectivity index (χ0n) is 9.42. The van der Waals surface area contributed by atoms with Gasteiger partial charge in [0.05, 0.1) is 18.7 Å². The number of hydrogen-bond acceptors (Lipinski definition) is 2. The minimum Gasteiger partial charge on any atom is -0.493 e. The second-order valence-electron chi connectivity index (χ2n) is 3.89. The lowest BCUT2D eigenvalue weighted by atomic mass is 10.1. The van der Waals surface area contributed by atoms with Crippen LogP contribution in [0.15, 0.2) is 12.1 Å². The lowest BCUT2D eigenvalue weighted by molar-refractivity contribution is -0.117. The number of anilines is 1. The first-order valence-electron chi connectivity index (χ1n) is 5.35. The molecule has 1 aromatic rings. The van der Waals surface area contributed by atoms with Gasteiger partial charge in [-0.3, -0.25) is 4.79 Å². The summed E-state index contributed by atoms with van der Waals surface area (Å²) in [6.45, 7) is 2.54. The van der Waals surface area contributed by atoms with E-state index >= 15 is 0 Å². The lowest BCUT2D eigenvalue weighted by Crippen LogP contribution is -2.21. The van der Waals surface area contributed by atoms with Crippen LogP contribution in [0.25, 0.3) is 0 Å². The summed E-state index contributed by atoms with van der Waals surface area (Å²) in [5, 5.41) is 0. The van der Waals surface area contributed by atoms with Crippen LogP contribution in [0, 0.1) is 5.82 Å². The number of carbonyl (C=O) groups is 1. The highest BCUT2D eigenvalue weighted by Gasteiger charge is 2.28. The maximum atomic E-state index is 13.7. The van der Waals surface area contributed by atoms with Crippen molar-refractivity contribution in [1.82, 2.24) is 0 Å². The fourth-order valence-corrected chi connectivity index (χ4v) is 1.85. The largest absolute Gasteiger partial charge is 0.493 e. The molecule has 0 fully saturated rings. The zero-order chi connectivity index (χ0) is 11.7. The van der Waals surface area contributed by atoms with Crippen molar-refractivity contribution >= 4 is 11.6 Å². The molecule has 1 aliphatic heterocycles. The number of carbonyl (C=O) groups excluding carboxylic acids is 1. The normalized spacial score (nSPS) is 14.2. The molecular weight excluding hydrogens is 209 g/mol. The fourth-order valence-electron chi connectivity index (χ4n) is 1.85. The molecule has 1 heterocycles. The van der Waals surface area contributed by atoms with Gasteiger partial charge in [-0.05, 0) is 18.1 Å². The average molecular weight is 223 g/mol. The summed E-state index contributed by atoms with van der Waals surface area (Å²) in [4.78, 5) is 12.8. The van der Waals surface area contributed by atoms with Crippen LogP contribution in [-0.2, 0) is 11.2 Å². The lowest BCUT2D eigenvalue weighted by Gasteiger charge is -2.12. The van der Waals surface area contributed by atoms with Gasteiger partial charge in [0.2, 0.25) is 5.91 Å². The molecule has 0 aromatic heterocycles. The summed E-state index contributed by atoms with van der Waals surface area (Å²) in [6, 6.07) is 3.08. The third kappa shape index (κ3) is 1.75. The van der Waals surface area contributed by atoms with Crippen LogP contribution in [0.1, 0.15) is 18.9 Å². The Labute approximate surface area is 93.8 Å². The van der Waals surface area contributed by atoms with Crippen LogP contribution in [0.5, 0.6) is 5.75 Å². The summed E-state index contributed by atoms with van der Waals surface area (Å²) in [5.41, 5.74) is 1.09. The van der Waals surface area contributed by atoms with Crippen molar-refractivity contribution in [1.29, 1.82) is 0 Å². The van der Waals surface area contributed by atoms with Crippen molar-refractivity contribution in [3.8, 4) is 5.75 Å². The first-order chi connectivity index (χ1) is 7.63. The third-order valence-corrected chi connectivity index (χ3v) is 2.64. The second kappa shape index (κ2) is 4.12. The summed E-state index contributed by atoms with van der Waals surface area (Å²) in [5.74, 6) is 0.0275. The number of benzene rings is 1.